The molecule has 2 aromatic carbocycles. The third-order valence-corrected chi connectivity index (χ3v) is 6.88. The number of hydrogen-bond acceptors (Lipinski definition) is 4. The van der Waals surface area contributed by atoms with Crippen molar-refractivity contribution in [2.45, 2.75) is 70.6 Å². The van der Waals surface area contributed by atoms with E-state index in [1.807, 2.05) is 12.1 Å². The summed E-state index contributed by atoms with van der Waals surface area (Å²) in [7, 11) is 0. The van der Waals surface area contributed by atoms with Gasteiger partial charge in [-0.15, -0.1) is 0 Å². The standard InChI is InChI=1S/C30H35N3O/c1-2-3-4-5-6-10-19-34-25-16-13-23(14-17-25)29-26-20-24(22-11-8-7-9-12-22)15-18-28(26)33-30(32)27(29)21-31/h7-9,11-14,16-17,24H,2-6,10,15,18-20H2,1H3,(H2,32,33). The van der Waals surface area contributed by atoms with Crippen LogP contribution in [0, 0.1) is 11.3 Å². The Morgan fingerprint density at radius 2 is 1.74 bits per heavy atom. The molecule has 0 radical (unpaired) electrons. The van der Waals surface area contributed by atoms with Crippen LogP contribution in [0.3, 0.4) is 0 Å². The highest BCUT2D eigenvalue weighted by Gasteiger charge is 2.27. The minimum absolute atomic E-state index is 0.331. The second-order valence-corrected chi connectivity index (χ2v) is 9.28. The second-order valence-electron chi connectivity index (χ2n) is 9.28. The van der Waals surface area contributed by atoms with E-state index in [0.717, 1.165) is 60.4 Å². The fraction of sp³-hybridized carbons (Fsp3) is 0.400. The lowest BCUT2D eigenvalue weighted by molar-refractivity contribution is 0.304. The summed E-state index contributed by atoms with van der Waals surface area (Å²) in [5.74, 6) is 1.62. The Bertz CT molecular complexity index is 1120. The van der Waals surface area contributed by atoms with Crippen LogP contribution in [0.2, 0.25) is 0 Å². The molecule has 1 atom stereocenters. The molecule has 0 fully saturated rings. The van der Waals surface area contributed by atoms with Gasteiger partial charge in [-0.25, -0.2) is 4.98 Å². The topological polar surface area (TPSA) is 71.9 Å². The number of rotatable bonds is 10. The molecule has 1 aliphatic carbocycles. The Labute approximate surface area is 203 Å². The minimum Gasteiger partial charge on any atom is -0.494 e. The third-order valence-electron chi connectivity index (χ3n) is 6.88. The molecule has 1 heterocycles. The van der Waals surface area contributed by atoms with Crippen LogP contribution in [0.5, 0.6) is 5.75 Å². The van der Waals surface area contributed by atoms with Gasteiger partial charge in [0.1, 0.15) is 23.2 Å². The molecule has 1 aliphatic rings. The minimum atomic E-state index is 0.331. The molecule has 0 spiro atoms. The number of nitriles is 1. The van der Waals surface area contributed by atoms with Crippen molar-refractivity contribution < 1.29 is 4.74 Å². The number of hydrogen-bond donors (Lipinski definition) is 1. The predicted octanol–water partition coefficient (Wildman–Crippen LogP) is 7.21. The van der Waals surface area contributed by atoms with E-state index < -0.39 is 0 Å². The average Bonchev–Trinajstić information content (AvgIpc) is 2.88. The van der Waals surface area contributed by atoms with E-state index >= 15 is 0 Å². The predicted molar refractivity (Wildman–Crippen MR) is 139 cm³/mol. The van der Waals surface area contributed by atoms with E-state index in [1.165, 1.54) is 37.7 Å². The maximum Gasteiger partial charge on any atom is 0.142 e. The van der Waals surface area contributed by atoms with Crippen LogP contribution in [-0.2, 0) is 12.8 Å². The largest absolute Gasteiger partial charge is 0.494 e. The van der Waals surface area contributed by atoms with Crippen molar-refractivity contribution in [3.8, 4) is 22.9 Å². The first-order valence-corrected chi connectivity index (χ1v) is 12.7. The van der Waals surface area contributed by atoms with Crippen molar-refractivity contribution in [1.82, 2.24) is 4.98 Å². The van der Waals surface area contributed by atoms with E-state index in [2.05, 4.69) is 60.4 Å². The van der Waals surface area contributed by atoms with Gasteiger partial charge >= 0.3 is 0 Å². The van der Waals surface area contributed by atoms with E-state index in [0.29, 0.717) is 17.3 Å². The number of aromatic nitrogens is 1. The lowest BCUT2D eigenvalue weighted by Crippen LogP contribution is -2.17. The molecular weight excluding hydrogens is 418 g/mol. The quantitative estimate of drug-likeness (QED) is 0.329. The van der Waals surface area contributed by atoms with Gasteiger partial charge in [-0.05, 0) is 60.4 Å². The average molecular weight is 454 g/mol. The second kappa shape index (κ2) is 11.7. The number of nitrogens with two attached hydrogens (primary N) is 1. The number of ether oxygens (including phenoxy) is 1. The van der Waals surface area contributed by atoms with Crippen molar-refractivity contribution in [2.75, 3.05) is 12.3 Å². The first-order chi connectivity index (χ1) is 16.7. The Hall–Kier alpha value is -3.32. The van der Waals surface area contributed by atoms with Crippen molar-refractivity contribution in [3.05, 3.63) is 77.0 Å². The number of unbranched alkanes of at least 4 members (excludes halogenated alkanes) is 5. The summed E-state index contributed by atoms with van der Waals surface area (Å²) in [6.45, 7) is 2.98. The molecule has 4 heteroatoms. The zero-order valence-corrected chi connectivity index (χ0v) is 20.2. The Balaban J connectivity index is 1.52. The fourth-order valence-electron chi connectivity index (χ4n) is 5.01. The molecule has 4 nitrogen and oxygen atoms in total. The molecule has 1 unspecified atom stereocenters. The van der Waals surface area contributed by atoms with Gasteiger partial charge in [-0.1, -0.05) is 81.5 Å². The molecule has 34 heavy (non-hydrogen) atoms. The van der Waals surface area contributed by atoms with E-state index in [-0.39, 0.29) is 0 Å². The fourth-order valence-corrected chi connectivity index (χ4v) is 5.01. The highest BCUT2D eigenvalue weighted by atomic mass is 16.5. The number of nitrogens with zero attached hydrogens (tertiary/aromatic N) is 2. The molecule has 1 aromatic heterocycles. The molecule has 0 saturated carbocycles. The van der Waals surface area contributed by atoms with Gasteiger partial charge in [0.15, 0.2) is 0 Å². The van der Waals surface area contributed by atoms with E-state index in [9.17, 15) is 5.26 Å². The Morgan fingerprint density at radius 1 is 1.00 bits per heavy atom. The van der Waals surface area contributed by atoms with Crippen molar-refractivity contribution in [3.63, 3.8) is 0 Å². The van der Waals surface area contributed by atoms with Gasteiger partial charge in [-0.3, -0.25) is 0 Å². The summed E-state index contributed by atoms with van der Waals surface area (Å²) in [6.07, 6.45) is 10.3. The SMILES string of the molecule is CCCCCCCCOc1ccc(-c2c(C#N)c(N)nc3c2CC(c2ccccc2)CC3)cc1. The maximum atomic E-state index is 9.93. The summed E-state index contributed by atoms with van der Waals surface area (Å²) < 4.78 is 5.97. The number of nitrogen functional groups attached to an aromatic ring is 1. The van der Waals surface area contributed by atoms with Crippen LogP contribution in [-0.4, -0.2) is 11.6 Å². The summed E-state index contributed by atoms with van der Waals surface area (Å²) in [5, 5.41) is 9.93. The molecule has 0 aliphatic heterocycles. The van der Waals surface area contributed by atoms with Crippen LogP contribution in [0.1, 0.15) is 80.2 Å². The smallest absolute Gasteiger partial charge is 0.142 e. The molecule has 4 rings (SSSR count). The van der Waals surface area contributed by atoms with Crippen LogP contribution in [0.25, 0.3) is 11.1 Å². The third kappa shape index (κ3) is 5.59. The zero-order valence-electron chi connectivity index (χ0n) is 20.2. The van der Waals surface area contributed by atoms with Crippen LogP contribution < -0.4 is 10.5 Å². The Kier molecular flexibility index (Phi) is 8.20. The lowest BCUT2D eigenvalue weighted by Gasteiger charge is -2.27. The molecule has 0 bridgehead atoms. The molecule has 176 valence electrons. The summed E-state index contributed by atoms with van der Waals surface area (Å²) in [5.41, 5.74) is 12.2. The maximum absolute atomic E-state index is 9.93. The van der Waals surface area contributed by atoms with Gasteiger partial charge < -0.3 is 10.5 Å². The lowest BCUT2D eigenvalue weighted by atomic mass is 9.78. The number of aryl methyl sites for hydroxylation is 1. The van der Waals surface area contributed by atoms with Crippen LogP contribution >= 0.6 is 0 Å². The summed E-state index contributed by atoms with van der Waals surface area (Å²) in [6, 6.07) is 21.1. The highest BCUT2D eigenvalue weighted by Crippen LogP contribution is 2.40. The van der Waals surface area contributed by atoms with Crippen molar-refractivity contribution >= 4 is 5.82 Å². The van der Waals surface area contributed by atoms with E-state index in [4.69, 9.17) is 10.5 Å². The molecule has 3 aromatic rings. The molecule has 0 saturated heterocycles. The first-order valence-electron chi connectivity index (χ1n) is 12.7. The van der Waals surface area contributed by atoms with Gasteiger partial charge in [0.2, 0.25) is 0 Å². The number of pyridine rings is 1. The number of anilines is 1. The highest BCUT2D eigenvalue weighted by molar-refractivity contribution is 5.79. The number of benzene rings is 2. The van der Waals surface area contributed by atoms with Gasteiger partial charge in [0, 0.05) is 11.3 Å². The van der Waals surface area contributed by atoms with Crippen LogP contribution in [0.4, 0.5) is 5.82 Å². The Morgan fingerprint density at radius 3 is 2.47 bits per heavy atom. The molecular formula is C30H35N3O. The van der Waals surface area contributed by atoms with Gasteiger partial charge in [-0.2, -0.15) is 5.26 Å². The summed E-state index contributed by atoms with van der Waals surface area (Å²) in [4.78, 5) is 4.62. The summed E-state index contributed by atoms with van der Waals surface area (Å²) >= 11 is 0. The van der Waals surface area contributed by atoms with Gasteiger partial charge in [0.25, 0.3) is 0 Å². The monoisotopic (exact) mass is 453 g/mol. The molecule has 0 amide bonds. The first kappa shape index (κ1) is 23.8. The zero-order chi connectivity index (χ0) is 23.8. The van der Waals surface area contributed by atoms with Crippen molar-refractivity contribution in [1.29, 1.82) is 5.26 Å². The van der Waals surface area contributed by atoms with E-state index in [1.54, 1.807) is 0 Å². The molecule has 2 N–H and O–H groups in total. The van der Waals surface area contributed by atoms with Gasteiger partial charge in [0.05, 0.1) is 6.61 Å². The van der Waals surface area contributed by atoms with Crippen molar-refractivity contribution in [2.24, 2.45) is 0 Å². The normalized spacial score (nSPS) is 14.9. The van der Waals surface area contributed by atoms with Crippen LogP contribution in [0.15, 0.2) is 54.6 Å². The number of fused-ring (bicyclic) bond motifs is 1.